The molecule has 1 atom stereocenters. The Morgan fingerprint density at radius 3 is 2.47 bits per heavy atom. The topological polar surface area (TPSA) is 29.9 Å². The number of hydrogen-bond acceptors (Lipinski definition) is 2. The highest BCUT2D eigenvalue weighted by Crippen LogP contribution is 2.34. The number of hydrogen-bond donors (Lipinski definition) is 1. The molecule has 0 amide bonds. The quantitative estimate of drug-likeness (QED) is 0.840. The highest BCUT2D eigenvalue weighted by Gasteiger charge is 2.41. The highest BCUT2D eigenvalue weighted by atomic mass is 19.4. The van der Waals surface area contributed by atoms with Crippen molar-refractivity contribution in [1.82, 2.24) is 15.1 Å². The molecule has 15 heavy (non-hydrogen) atoms. The van der Waals surface area contributed by atoms with E-state index in [9.17, 15) is 13.2 Å². The van der Waals surface area contributed by atoms with Gasteiger partial charge in [-0.2, -0.15) is 18.3 Å². The van der Waals surface area contributed by atoms with Crippen LogP contribution >= 0.6 is 0 Å². The number of likely N-dealkylation sites (N-methyl/N-ethyl adjacent to an activating group) is 1. The van der Waals surface area contributed by atoms with Gasteiger partial charge in [-0.3, -0.25) is 4.68 Å². The number of alkyl halides is 3. The minimum atomic E-state index is -4.25. The van der Waals surface area contributed by atoms with Crippen LogP contribution in [0.3, 0.4) is 0 Å². The molecule has 0 saturated carbocycles. The van der Waals surface area contributed by atoms with E-state index in [0.717, 1.165) is 0 Å². The number of halogens is 3. The van der Waals surface area contributed by atoms with Crippen molar-refractivity contribution < 1.29 is 13.2 Å². The first-order valence-corrected chi connectivity index (χ1v) is 4.58. The lowest BCUT2D eigenvalue weighted by molar-refractivity contribution is -0.150. The molecule has 1 unspecified atom stereocenters. The zero-order chi connectivity index (χ0) is 11.6. The summed E-state index contributed by atoms with van der Waals surface area (Å²) in [5.74, 6) is -1.51. The van der Waals surface area contributed by atoms with E-state index in [2.05, 4.69) is 10.4 Å². The van der Waals surface area contributed by atoms with E-state index < -0.39 is 12.1 Å². The number of aromatic nitrogens is 2. The van der Waals surface area contributed by atoms with Crippen molar-refractivity contribution >= 4 is 0 Å². The second-order valence-electron chi connectivity index (χ2n) is 3.49. The molecule has 3 nitrogen and oxygen atoms in total. The predicted octanol–water partition coefficient (Wildman–Crippen LogP) is 1.59. The minimum absolute atomic E-state index is 0.136. The minimum Gasteiger partial charge on any atom is -0.319 e. The highest BCUT2D eigenvalue weighted by molar-refractivity contribution is 5.16. The Morgan fingerprint density at radius 1 is 1.53 bits per heavy atom. The Kier molecular flexibility index (Phi) is 3.38. The van der Waals surface area contributed by atoms with Crippen molar-refractivity contribution in [3.8, 4) is 0 Å². The van der Waals surface area contributed by atoms with E-state index in [1.807, 2.05) is 0 Å². The van der Waals surface area contributed by atoms with Crippen LogP contribution in [0.15, 0.2) is 6.07 Å². The van der Waals surface area contributed by atoms with Crippen LogP contribution in [0.5, 0.6) is 0 Å². The number of nitrogens with one attached hydrogen (secondary N) is 1. The predicted molar refractivity (Wildman–Crippen MR) is 50.7 cm³/mol. The fourth-order valence-corrected chi connectivity index (χ4v) is 1.55. The first-order chi connectivity index (χ1) is 6.86. The van der Waals surface area contributed by atoms with Gasteiger partial charge in [0.15, 0.2) is 0 Å². The van der Waals surface area contributed by atoms with E-state index in [0.29, 0.717) is 5.69 Å². The van der Waals surface area contributed by atoms with Gasteiger partial charge in [-0.05, 0) is 20.0 Å². The summed E-state index contributed by atoms with van der Waals surface area (Å²) >= 11 is 0. The molecule has 0 aliphatic rings. The summed E-state index contributed by atoms with van der Waals surface area (Å²) < 4.78 is 39.4. The lowest BCUT2D eigenvalue weighted by atomic mass is 10.0. The normalized spacial score (nSPS) is 14.3. The van der Waals surface area contributed by atoms with Crippen molar-refractivity contribution in [2.45, 2.75) is 19.0 Å². The Hall–Kier alpha value is -1.04. The van der Waals surface area contributed by atoms with Crippen molar-refractivity contribution in [2.75, 3.05) is 13.6 Å². The molecule has 0 fully saturated rings. The number of aryl methyl sites for hydroxylation is 2. The Labute approximate surface area is 86.3 Å². The zero-order valence-electron chi connectivity index (χ0n) is 8.89. The molecule has 1 aromatic heterocycles. The average molecular weight is 221 g/mol. The van der Waals surface area contributed by atoms with Gasteiger partial charge in [-0.1, -0.05) is 0 Å². The van der Waals surface area contributed by atoms with E-state index in [1.165, 1.54) is 24.8 Å². The summed E-state index contributed by atoms with van der Waals surface area (Å²) in [6.07, 6.45) is -4.25. The van der Waals surface area contributed by atoms with E-state index >= 15 is 0 Å². The third kappa shape index (κ3) is 2.71. The maximum absolute atomic E-state index is 12.7. The maximum atomic E-state index is 12.7. The van der Waals surface area contributed by atoms with Gasteiger partial charge in [-0.15, -0.1) is 0 Å². The van der Waals surface area contributed by atoms with Gasteiger partial charge in [-0.25, -0.2) is 0 Å². The molecule has 0 aliphatic carbocycles. The second-order valence-corrected chi connectivity index (χ2v) is 3.49. The summed E-state index contributed by atoms with van der Waals surface area (Å²) in [5.41, 5.74) is 0.784. The molecule has 0 aromatic carbocycles. The van der Waals surface area contributed by atoms with Crippen LogP contribution in [0.4, 0.5) is 13.2 Å². The molecule has 0 saturated heterocycles. The van der Waals surface area contributed by atoms with Crippen LogP contribution in [0.1, 0.15) is 17.3 Å². The summed E-state index contributed by atoms with van der Waals surface area (Å²) in [6, 6.07) is 1.47. The number of rotatable bonds is 3. The molecule has 1 N–H and O–H groups in total. The van der Waals surface area contributed by atoms with Gasteiger partial charge >= 0.3 is 6.18 Å². The fourth-order valence-electron chi connectivity index (χ4n) is 1.55. The molecule has 1 rings (SSSR count). The van der Waals surface area contributed by atoms with E-state index in [4.69, 9.17) is 0 Å². The smallest absolute Gasteiger partial charge is 0.319 e. The second kappa shape index (κ2) is 4.22. The molecule has 86 valence electrons. The van der Waals surface area contributed by atoms with Gasteiger partial charge < -0.3 is 5.32 Å². The first-order valence-electron chi connectivity index (χ1n) is 4.58. The van der Waals surface area contributed by atoms with Crippen LogP contribution in [0.25, 0.3) is 0 Å². The molecular weight excluding hydrogens is 207 g/mol. The summed E-state index contributed by atoms with van der Waals surface area (Å²) in [7, 11) is 3.03. The summed E-state index contributed by atoms with van der Waals surface area (Å²) in [4.78, 5) is 0. The SMILES string of the molecule is CNCC(c1cc(C)nn1C)C(F)(F)F. The molecular formula is C9H14F3N3. The lowest BCUT2D eigenvalue weighted by Gasteiger charge is -2.19. The molecule has 0 radical (unpaired) electrons. The Bertz CT molecular complexity index is 330. The largest absolute Gasteiger partial charge is 0.398 e. The monoisotopic (exact) mass is 221 g/mol. The summed E-state index contributed by atoms with van der Waals surface area (Å²) in [5, 5.41) is 6.46. The van der Waals surface area contributed by atoms with Crippen LogP contribution in [0.2, 0.25) is 0 Å². The van der Waals surface area contributed by atoms with Crippen LogP contribution in [-0.2, 0) is 7.05 Å². The average Bonchev–Trinajstić information content (AvgIpc) is 2.39. The van der Waals surface area contributed by atoms with Gasteiger partial charge in [0.25, 0.3) is 0 Å². The van der Waals surface area contributed by atoms with Crippen LogP contribution in [-0.4, -0.2) is 29.5 Å². The van der Waals surface area contributed by atoms with E-state index in [1.54, 1.807) is 6.92 Å². The molecule has 0 bridgehead atoms. The van der Waals surface area contributed by atoms with Gasteiger partial charge in [0.1, 0.15) is 5.92 Å². The van der Waals surface area contributed by atoms with Crippen molar-refractivity contribution in [2.24, 2.45) is 7.05 Å². The first kappa shape index (κ1) is 12.0. The van der Waals surface area contributed by atoms with Crippen molar-refractivity contribution in [3.05, 3.63) is 17.5 Å². The number of nitrogens with zero attached hydrogens (tertiary/aromatic N) is 2. The maximum Gasteiger partial charge on any atom is 0.398 e. The Morgan fingerprint density at radius 2 is 2.13 bits per heavy atom. The van der Waals surface area contributed by atoms with Crippen molar-refractivity contribution in [1.29, 1.82) is 0 Å². The van der Waals surface area contributed by atoms with E-state index in [-0.39, 0.29) is 12.2 Å². The summed E-state index contributed by atoms with van der Waals surface area (Å²) in [6.45, 7) is 1.54. The molecule has 1 heterocycles. The van der Waals surface area contributed by atoms with Crippen LogP contribution in [0, 0.1) is 6.92 Å². The fraction of sp³-hybridized carbons (Fsp3) is 0.667. The molecule has 6 heteroatoms. The van der Waals surface area contributed by atoms with Gasteiger partial charge in [0, 0.05) is 13.6 Å². The van der Waals surface area contributed by atoms with Gasteiger partial charge in [0.2, 0.25) is 0 Å². The van der Waals surface area contributed by atoms with Crippen molar-refractivity contribution in [3.63, 3.8) is 0 Å². The third-order valence-electron chi connectivity index (χ3n) is 2.20. The van der Waals surface area contributed by atoms with Crippen LogP contribution < -0.4 is 5.32 Å². The molecule has 1 aromatic rings. The van der Waals surface area contributed by atoms with Gasteiger partial charge in [0.05, 0.1) is 11.4 Å². The molecule has 0 spiro atoms. The lowest BCUT2D eigenvalue weighted by Crippen LogP contribution is -2.31. The third-order valence-corrected chi connectivity index (χ3v) is 2.20. The standard InChI is InChI=1S/C9H14F3N3/c1-6-4-8(15(3)14-6)7(5-13-2)9(10,11)12/h4,7,13H,5H2,1-3H3. The Balaban J connectivity index is 3.04. The zero-order valence-corrected chi connectivity index (χ0v) is 8.89. The molecule has 0 aliphatic heterocycles.